The molecule has 1 aliphatic heterocycles. The van der Waals surface area contributed by atoms with E-state index in [0.717, 1.165) is 32.2 Å². The van der Waals surface area contributed by atoms with Crippen molar-refractivity contribution in [2.45, 2.75) is 38.1 Å². The summed E-state index contributed by atoms with van der Waals surface area (Å²) in [6, 6.07) is 0.777. The van der Waals surface area contributed by atoms with E-state index < -0.39 is 0 Å². The Morgan fingerprint density at radius 1 is 1.19 bits per heavy atom. The number of anilines is 3. The highest BCUT2D eigenvalue weighted by molar-refractivity contribution is 5.42. The normalized spacial score (nSPS) is 19.0. The highest BCUT2D eigenvalue weighted by Crippen LogP contribution is 2.24. The molecule has 0 spiro atoms. The Hall–Kier alpha value is -1.63. The highest BCUT2D eigenvalue weighted by atomic mass is 15.3. The zero-order chi connectivity index (χ0) is 14.7. The molecule has 0 amide bonds. The van der Waals surface area contributed by atoms with Gasteiger partial charge in [-0.3, -0.25) is 0 Å². The Bertz CT molecular complexity index is 468. The number of hydrogen-bond acceptors (Lipinski definition) is 7. The van der Waals surface area contributed by atoms with E-state index in [1.54, 1.807) is 0 Å². The molecule has 2 heterocycles. The van der Waals surface area contributed by atoms with Crippen LogP contribution >= 0.6 is 0 Å². The van der Waals surface area contributed by atoms with Crippen LogP contribution < -0.4 is 16.0 Å². The van der Waals surface area contributed by atoms with Crippen LogP contribution in [0.15, 0.2) is 0 Å². The highest BCUT2D eigenvalue weighted by Gasteiger charge is 2.25. The standard InChI is InChI=1S/C14H25N7/c1-20(11-5-6-11)10-7-16-13-17-12(15)18-14(19-13)21-8-3-2-4-9-21/h11H,2-10H2,1H3,(H3,15,16,17,18,19). The van der Waals surface area contributed by atoms with Gasteiger partial charge < -0.3 is 20.9 Å². The monoisotopic (exact) mass is 291 g/mol. The number of aromatic nitrogens is 3. The second kappa shape index (κ2) is 6.43. The fraction of sp³-hybridized carbons (Fsp3) is 0.786. The van der Waals surface area contributed by atoms with Crippen molar-refractivity contribution in [1.29, 1.82) is 0 Å². The van der Waals surface area contributed by atoms with E-state index in [1.165, 1.54) is 32.1 Å². The van der Waals surface area contributed by atoms with Crippen LogP contribution in [0.3, 0.4) is 0 Å². The molecule has 3 N–H and O–H groups in total. The summed E-state index contributed by atoms with van der Waals surface area (Å²) in [5.74, 6) is 1.59. The van der Waals surface area contributed by atoms with Gasteiger partial charge in [0.2, 0.25) is 17.8 Å². The van der Waals surface area contributed by atoms with Gasteiger partial charge in [0.1, 0.15) is 0 Å². The first-order valence-corrected chi connectivity index (χ1v) is 7.93. The maximum atomic E-state index is 5.82. The fourth-order valence-corrected chi connectivity index (χ4v) is 2.74. The predicted octanol–water partition coefficient (Wildman–Crippen LogP) is 0.950. The molecule has 0 radical (unpaired) electrons. The molecule has 3 rings (SSSR count). The Labute approximate surface area is 126 Å². The lowest BCUT2D eigenvalue weighted by atomic mass is 10.1. The van der Waals surface area contributed by atoms with Gasteiger partial charge in [0.25, 0.3) is 0 Å². The van der Waals surface area contributed by atoms with Crippen molar-refractivity contribution in [3.05, 3.63) is 0 Å². The molecule has 2 fully saturated rings. The second-order valence-corrected chi connectivity index (χ2v) is 6.00. The quantitative estimate of drug-likeness (QED) is 0.807. The summed E-state index contributed by atoms with van der Waals surface area (Å²) in [4.78, 5) is 17.5. The predicted molar refractivity (Wildman–Crippen MR) is 84.4 cm³/mol. The summed E-state index contributed by atoms with van der Waals surface area (Å²) < 4.78 is 0. The fourth-order valence-electron chi connectivity index (χ4n) is 2.74. The van der Waals surface area contributed by atoms with Crippen molar-refractivity contribution >= 4 is 17.8 Å². The molecule has 0 unspecified atom stereocenters. The first-order valence-electron chi connectivity index (χ1n) is 7.93. The topological polar surface area (TPSA) is 83.2 Å². The summed E-state index contributed by atoms with van der Waals surface area (Å²) in [6.07, 6.45) is 6.33. The minimum atomic E-state index is 0.295. The van der Waals surface area contributed by atoms with E-state index in [-0.39, 0.29) is 0 Å². The zero-order valence-corrected chi connectivity index (χ0v) is 12.8. The van der Waals surface area contributed by atoms with Gasteiger partial charge >= 0.3 is 0 Å². The number of nitrogens with one attached hydrogen (secondary N) is 1. The molecule has 1 aliphatic carbocycles. The van der Waals surface area contributed by atoms with Crippen LogP contribution in [-0.4, -0.2) is 59.1 Å². The average Bonchev–Trinajstić information content (AvgIpc) is 3.32. The third kappa shape index (κ3) is 3.93. The van der Waals surface area contributed by atoms with Gasteiger partial charge in [-0.05, 0) is 39.2 Å². The van der Waals surface area contributed by atoms with Crippen molar-refractivity contribution in [2.75, 3.05) is 49.2 Å². The molecule has 0 aromatic carbocycles. The Morgan fingerprint density at radius 2 is 1.95 bits per heavy atom. The molecule has 116 valence electrons. The maximum Gasteiger partial charge on any atom is 0.231 e. The van der Waals surface area contributed by atoms with Crippen LogP contribution in [0.4, 0.5) is 17.8 Å². The van der Waals surface area contributed by atoms with Crippen molar-refractivity contribution < 1.29 is 0 Å². The summed E-state index contributed by atoms with van der Waals surface area (Å²) >= 11 is 0. The molecule has 1 aromatic heterocycles. The van der Waals surface area contributed by atoms with Crippen LogP contribution in [0.1, 0.15) is 32.1 Å². The molecule has 1 saturated carbocycles. The number of nitrogens with zero attached hydrogens (tertiary/aromatic N) is 5. The van der Waals surface area contributed by atoms with Crippen LogP contribution in [0, 0.1) is 0 Å². The molecule has 7 heteroatoms. The van der Waals surface area contributed by atoms with Gasteiger partial charge in [-0.25, -0.2) is 0 Å². The lowest BCUT2D eigenvalue weighted by molar-refractivity contribution is 0.337. The van der Waals surface area contributed by atoms with Crippen LogP contribution in [-0.2, 0) is 0 Å². The average molecular weight is 291 g/mol. The first-order chi connectivity index (χ1) is 10.2. The van der Waals surface area contributed by atoms with Crippen molar-refractivity contribution in [2.24, 2.45) is 0 Å². The number of nitrogen functional groups attached to an aromatic ring is 1. The zero-order valence-electron chi connectivity index (χ0n) is 12.8. The summed E-state index contributed by atoms with van der Waals surface area (Å²) in [7, 11) is 2.17. The van der Waals surface area contributed by atoms with Gasteiger partial charge in [0.05, 0.1) is 0 Å². The second-order valence-electron chi connectivity index (χ2n) is 6.00. The van der Waals surface area contributed by atoms with Gasteiger partial charge in [-0.1, -0.05) is 0 Å². The first kappa shape index (κ1) is 14.3. The smallest absolute Gasteiger partial charge is 0.231 e. The van der Waals surface area contributed by atoms with Gasteiger partial charge in [0.15, 0.2) is 0 Å². The van der Waals surface area contributed by atoms with E-state index in [2.05, 4.69) is 37.1 Å². The molecular weight excluding hydrogens is 266 g/mol. The Kier molecular flexibility index (Phi) is 4.38. The van der Waals surface area contributed by atoms with E-state index >= 15 is 0 Å². The van der Waals surface area contributed by atoms with Crippen molar-refractivity contribution in [1.82, 2.24) is 19.9 Å². The van der Waals surface area contributed by atoms with Crippen LogP contribution in [0.5, 0.6) is 0 Å². The lowest BCUT2D eigenvalue weighted by Gasteiger charge is -2.26. The third-order valence-electron chi connectivity index (χ3n) is 4.20. The van der Waals surface area contributed by atoms with E-state index in [4.69, 9.17) is 5.73 Å². The lowest BCUT2D eigenvalue weighted by Crippen LogP contribution is -2.32. The molecule has 7 nitrogen and oxygen atoms in total. The van der Waals surface area contributed by atoms with Crippen LogP contribution in [0.2, 0.25) is 0 Å². The van der Waals surface area contributed by atoms with Crippen LogP contribution in [0.25, 0.3) is 0 Å². The van der Waals surface area contributed by atoms with E-state index in [1.807, 2.05) is 0 Å². The number of nitrogens with two attached hydrogens (primary N) is 1. The molecule has 2 aliphatic rings. The third-order valence-corrected chi connectivity index (χ3v) is 4.20. The van der Waals surface area contributed by atoms with Crippen molar-refractivity contribution in [3.8, 4) is 0 Å². The number of piperidine rings is 1. The largest absolute Gasteiger partial charge is 0.368 e. The van der Waals surface area contributed by atoms with Gasteiger partial charge in [-0.15, -0.1) is 0 Å². The molecule has 1 saturated heterocycles. The Morgan fingerprint density at radius 3 is 2.67 bits per heavy atom. The van der Waals surface area contributed by atoms with E-state index in [0.29, 0.717) is 17.8 Å². The SMILES string of the molecule is CN(CCNc1nc(N)nc(N2CCCCC2)n1)C1CC1. The van der Waals surface area contributed by atoms with E-state index in [9.17, 15) is 0 Å². The molecule has 1 aromatic rings. The summed E-state index contributed by atoms with van der Waals surface area (Å²) in [5.41, 5.74) is 5.82. The van der Waals surface area contributed by atoms with Gasteiger partial charge in [-0.2, -0.15) is 15.0 Å². The molecule has 0 atom stereocenters. The number of hydrogen-bond donors (Lipinski definition) is 2. The minimum Gasteiger partial charge on any atom is -0.368 e. The molecular formula is C14H25N7. The summed E-state index contributed by atoms with van der Waals surface area (Å²) in [6.45, 7) is 3.84. The van der Waals surface area contributed by atoms with Gasteiger partial charge in [0, 0.05) is 32.2 Å². The number of likely N-dealkylation sites (N-methyl/N-ethyl adjacent to an activating group) is 1. The Balaban J connectivity index is 1.57. The van der Waals surface area contributed by atoms with Crippen molar-refractivity contribution in [3.63, 3.8) is 0 Å². The minimum absolute atomic E-state index is 0.295. The summed E-state index contributed by atoms with van der Waals surface area (Å²) in [5, 5.41) is 3.27. The molecule has 21 heavy (non-hydrogen) atoms. The molecule has 0 bridgehead atoms. The number of rotatable bonds is 6. The maximum absolute atomic E-state index is 5.82.